The molecule has 1 aliphatic rings. The number of rotatable bonds is 6. The fraction of sp³-hybridized carbons (Fsp3) is 0.455. The van der Waals surface area contributed by atoms with Crippen molar-refractivity contribution in [1.29, 1.82) is 0 Å². The van der Waals surface area contributed by atoms with Crippen LogP contribution in [0.5, 0.6) is 11.5 Å². The Balaban J connectivity index is 1.88. The van der Waals surface area contributed by atoms with E-state index in [1.807, 2.05) is 63.2 Å². The van der Waals surface area contributed by atoms with Gasteiger partial charge in [-0.3, -0.25) is 0 Å². The van der Waals surface area contributed by atoms with Crippen molar-refractivity contribution < 1.29 is 14.6 Å². The molecule has 2 atom stereocenters. The Morgan fingerprint density at radius 1 is 1.19 bits per heavy atom. The van der Waals surface area contributed by atoms with E-state index in [0.717, 1.165) is 35.7 Å². The van der Waals surface area contributed by atoms with Crippen molar-refractivity contribution in [2.24, 2.45) is 0 Å². The summed E-state index contributed by atoms with van der Waals surface area (Å²) >= 11 is 0. The lowest BCUT2D eigenvalue weighted by Gasteiger charge is -2.43. The number of hydrogen-bond donors (Lipinski definition) is 2. The van der Waals surface area contributed by atoms with Crippen LogP contribution in [-0.2, 0) is 6.42 Å². The van der Waals surface area contributed by atoms with Gasteiger partial charge < -0.3 is 24.8 Å². The number of anilines is 1. The zero-order valence-electron chi connectivity index (χ0n) is 16.8. The minimum Gasteiger partial charge on any atom is -0.495 e. The van der Waals surface area contributed by atoms with Crippen molar-refractivity contribution >= 4 is 5.69 Å². The molecule has 2 unspecified atom stereocenters. The molecule has 0 saturated carbocycles. The molecule has 2 N–H and O–H groups in total. The fourth-order valence-corrected chi connectivity index (χ4v) is 3.56. The van der Waals surface area contributed by atoms with E-state index in [1.165, 1.54) is 5.56 Å². The first-order valence-electron chi connectivity index (χ1n) is 9.37. The molecule has 5 nitrogen and oxygen atoms in total. The molecule has 1 heterocycles. The Bertz CT molecular complexity index is 775. The molecule has 0 radical (unpaired) electrons. The highest BCUT2D eigenvalue weighted by Gasteiger charge is 2.43. The normalized spacial score (nSPS) is 20.5. The lowest BCUT2D eigenvalue weighted by atomic mass is 9.86. The second-order valence-corrected chi connectivity index (χ2v) is 7.77. The van der Waals surface area contributed by atoms with Crippen LogP contribution in [0.2, 0.25) is 0 Å². The zero-order chi connectivity index (χ0) is 19.6. The molecule has 2 aromatic rings. The first kappa shape index (κ1) is 19.5. The summed E-state index contributed by atoms with van der Waals surface area (Å²) < 4.78 is 11.7. The van der Waals surface area contributed by atoms with E-state index in [-0.39, 0.29) is 6.04 Å². The number of benzene rings is 2. The van der Waals surface area contributed by atoms with Crippen LogP contribution < -0.4 is 19.7 Å². The van der Waals surface area contributed by atoms with E-state index < -0.39 is 11.7 Å². The monoisotopic (exact) mass is 370 g/mol. The van der Waals surface area contributed by atoms with Gasteiger partial charge in [-0.25, -0.2) is 0 Å². The van der Waals surface area contributed by atoms with E-state index in [4.69, 9.17) is 9.47 Å². The number of nitrogens with zero attached hydrogens (tertiary/aromatic N) is 1. The molecule has 0 amide bonds. The maximum atomic E-state index is 10.9. The van der Waals surface area contributed by atoms with Gasteiger partial charge in [-0.15, -0.1) is 0 Å². The molecule has 0 spiro atoms. The summed E-state index contributed by atoms with van der Waals surface area (Å²) in [6.07, 6.45) is 0.226. The first-order valence-corrected chi connectivity index (χ1v) is 9.37. The van der Waals surface area contributed by atoms with Gasteiger partial charge in [0.25, 0.3) is 0 Å². The molecule has 0 aromatic heterocycles. The minimum atomic E-state index is -0.685. The van der Waals surface area contributed by atoms with Crippen molar-refractivity contribution in [3.63, 3.8) is 0 Å². The van der Waals surface area contributed by atoms with E-state index >= 15 is 0 Å². The summed E-state index contributed by atoms with van der Waals surface area (Å²) in [7, 11) is 5.61. The number of methoxy groups -OCH3 is 1. The van der Waals surface area contributed by atoms with Crippen LogP contribution in [0.15, 0.2) is 42.5 Å². The molecule has 0 aliphatic carbocycles. The van der Waals surface area contributed by atoms with Crippen LogP contribution in [0, 0.1) is 0 Å². The van der Waals surface area contributed by atoms with Gasteiger partial charge in [-0.05, 0) is 38.4 Å². The number of nitrogens with one attached hydrogen (secondary N) is 1. The molecule has 5 heteroatoms. The topological polar surface area (TPSA) is 54.0 Å². The number of aliphatic hydroxyl groups is 1. The van der Waals surface area contributed by atoms with Gasteiger partial charge in [-0.2, -0.15) is 0 Å². The van der Waals surface area contributed by atoms with Gasteiger partial charge in [0.05, 0.1) is 18.8 Å². The number of aliphatic hydroxyl groups excluding tert-OH is 1. The van der Waals surface area contributed by atoms with Crippen LogP contribution in [0.4, 0.5) is 5.69 Å². The number of fused-ring (bicyclic) bond motifs is 1. The molecular weight excluding hydrogens is 340 g/mol. The Kier molecular flexibility index (Phi) is 5.63. The average molecular weight is 370 g/mol. The average Bonchev–Trinajstić information content (AvgIpc) is 2.64. The van der Waals surface area contributed by atoms with E-state index in [9.17, 15) is 5.11 Å². The highest BCUT2D eigenvalue weighted by molar-refractivity contribution is 5.64. The van der Waals surface area contributed by atoms with Gasteiger partial charge in [0.15, 0.2) is 0 Å². The Morgan fingerprint density at radius 2 is 1.89 bits per heavy atom. The summed E-state index contributed by atoms with van der Waals surface area (Å²) in [5.74, 6) is 1.55. The summed E-state index contributed by atoms with van der Waals surface area (Å²) in [4.78, 5) is 2.00. The third-order valence-corrected chi connectivity index (χ3v) is 5.15. The van der Waals surface area contributed by atoms with Crippen LogP contribution >= 0.6 is 0 Å². The lowest BCUT2D eigenvalue weighted by molar-refractivity contribution is -0.0644. The molecule has 0 saturated heterocycles. The Morgan fingerprint density at radius 3 is 2.52 bits per heavy atom. The standard InChI is InChI=1S/C22H30N2O3/c1-22(2)21(25)20(23-12-11-15-9-7-6-8-10-15)16-13-19(26-5)17(24(3)4)14-18(16)27-22/h6-10,13-14,20-21,23,25H,11-12H2,1-5H3. The highest BCUT2D eigenvalue weighted by Crippen LogP contribution is 2.45. The Labute approximate surface area is 161 Å². The minimum absolute atomic E-state index is 0.224. The van der Waals surface area contributed by atoms with Gasteiger partial charge in [-0.1, -0.05) is 30.3 Å². The maximum Gasteiger partial charge on any atom is 0.142 e. The third kappa shape index (κ3) is 4.04. The predicted molar refractivity (Wildman–Crippen MR) is 109 cm³/mol. The summed E-state index contributed by atoms with van der Waals surface area (Å²) in [6, 6.07) is 14.1. The van der Waals surface area contributed by atoms with Gasteiger partial charge in [0.1, 0.15) is 23.2 Å². The largest absolute Gasteiger partial charge is 0.495 e. The Hall–Kier alpha value is -2.24. The van der Waals surface area contributed by atoms with Crippen molar-refractivity contribution in [3.05, 3.63) is 53.6 Å². The molecular formula is C22H30N2O3. The van der Waals surface area contributed by atoms with Crippen molar-refractivity contribution in [1.82, 2.24) is 5.32 Å². The van der Waals surface area contributed by atoms with Crippen molar-refractivity contribution in [2.45, 2.75) is 38.0 Å². The zero-order valence-corrected chi connectivity index (χ0v) is 16.8. The number of ether oxygens (including phenoxy) is 2. The quantitative estimate of drug-likeness (QED) is 0.818. The van der Waals surface area contributed by atoms with Crippen LogP contribution in [0.1, 0.15) is 31.0 Å². The second-order valence-electron chi connectivity index (χ2n) is 7.77. The third-order valence-electron chi connectivity index (χ3n) is 5.15. The molecule has 0 bridgehead atoms. The van der Waals surface area contributed by atoms with E-state index in [1.54, 1.807) is 7.11 Å². The smallest absolute Gasteiger partial charge is 0.142 e. The van der Waals surface area contributed by atoms with E-state index in [2.05, 4.69) is 17.4 Å². The number of hydrogen-bond acceptors (Lipinski definition) is 5. The van der Waals surface area contributed by atoms with Crippen molar-refractivity contribution in [3.8, 4) is 11.5 Å². The summed E-state index contributed by atoms with van der Waals surface area (Å²) in [5, 5.41) is 14.5. The molecule has 3 rings (SSSR count). The summed E-state index contributed by atoms with van der Waals surface area (Å²) in [6.45, 7) is 4.61. The molecule has 2 aromatic carbocycles. The highest BCUT2D eigenvalue weighted by atomic mass is 16.5. The lowest BCUT2D eigenvalue weighted by Crippen LogP contribution is -2.52. The SMILES string of the molecule is COc1cc2c(cc1N(C)C)OC(C)(C)C(O)C2NCCc1ccccc1. The fourth-order valence-electron chi connectivity index (χ4n) is 3.56. The molecule has 146 valence electrons. The van der Waals surface area contributed by atoms with Crippen LogP contribution in [0.3, 0.4) is 0 Å². The predicted octanol–water partition coefficient (Wildman–Crippen LogP) is 3.17. The van der Waals surface area contributed by atoms with Gasteiger partial charge in [0, 0.05) is 25.7 Å². The molecule has 0 fully saturated rings. The van der Waals surface area contributed by atoms with Gasteiger partial charge in [0.2, 0.25) is 0 Å². The van der Waals surface area contributed by atoms with Crippen molar-refractivity contribution in [2.75, 3.05) is 32.6 Å². The summed E-state index contributed by atoms with van der Waals surface area (Å²) in [5.41, 5.74) is 2.46. The second kappa shape index (κ2) is 7.79. The van der Waals surface area contributed by atoms with Crippen LogP contribution in [-0.4, -0.2) is 44.6 Å². The molecule has 1 aliphatic heterocycles. The van der Waals surface area contributed by atoms with Gasteiger partial charge >= 0.3 is 0 Å². The first-order chi connectivity index (χ1) is 12.8. The maximum absolute atomic E-state index is 10.9. The van der Waals surface area contributed by atoms with Crippen LogP contribution in [0.25, 0.3) is 0 Å². The van der Waals surface area contributed by atoms with E-state index in [0.29, 0.717) is 0 Å². The molecule has 27 heavy (non-hydrogen) atoms.